The van der Waals surface area contributed by atoms with Gasteiger partial charge in [0.2, 0.25) is 0 Å². The van der Waals surface area contributed by atoms with Crippen LogP contribution in [0.1, 0.15) is 26.2 Å². The summed E-state index contributed by atoms with van der Waals surface area (Å²) in [5, 5.41) is 7.38. The first kappa shape index (κ1) is 13.1. The van der Waals surface area contributed by atoms with Gasteiger partial charge in [-0.05, 0) is 25.2 Å². The summed E-state index contributed by atoms with van der Waals surface area (Å²) >= 11 is 0. The number of nitrogens with zero attached hydrogens (tertiary/aromatic N) is 2. The van der Waals surface area contributed by atoms with E-state index in [2.05, 4.69) is 17.3 Å². The fraction of sp³-hybridized carbons (Fsp3) is 0.692. The predicted molar refractivity (Wildman–Crippen MR) is 70.8 cm³/mol. The van der Waals surface area contributed by atoms with Crippen LogP contribution < -0.4 is 10.9 Å². The predicted octanol–water partition coefficient (Wildman–Crippen LogP) is 1.49. The van der Waals surface area contributed by atoms with Gasteiger partial charge in [-0.25, -0.2) is 4.68 Å². The first-order valence-corrected chi connectivity index (χ1v) is 6.68. The second-order valence-corrected chi connectivity index (χ2v) is 4.74. The Kier molecular flexibility index (Phi) is 4.75. The Morgan fingerprint density at radius 3 is 3.00 bits per heavy atom. The van der Waals surface area contributed by atoms with Gasteiger partial charge in [-0.3, -0.25) is 4.79 Å². The van der Waals surface area contributed by atoms with Crippen LogP contribution in [0.3, 0.4) is 0 Å². The highest BCUT2D eigenvalue weighted by molar-refractivity contribution is 5.38. The fourth-order valence-corrected chi connectivity index (χ4v) is 1.68. The van der Waals surface area contributed by atoms with Crippen LogP contribution in [0.2, 0.25) is 0 Å². The molecule has 1 saturated carbocycles. The molecule has 1 aromatic rings. The Morgan fingerprint density at radius 1 is 1.50 bits per heavy atom. The van der Waals surface area contributed by atoms with Gasteiger partial charge < -0.3 is 10.1 Å². The van der Waals surface area contributed by atoms with Crippen molar-refractivity contribution in [3.63, 3.8) is 0 Å². The zero-order valence-electron chi connectivity index (χ0n) is 10.9. The van der Waals surface area contributed by atoms with Gasteiger partial charge in [0.15, 0.2) is 0 Å². The van der Waals surface area contributed by atoms with Gasteiger partial charge in [0, 0.05) is 19.2 Å². The number of rotatable bonds is 8. The summed E-state index contributed by atoms with van der Waals surface area (Å²) in [5.74, 6) is 0.787. The first-order chi connectivity index (χ1) is 8.79. The maximum absolute atomic E-state index is 11.8. The molecular weight excluding hydrogens is 230 g/mol. The highest BCUT2D eigenvalue weighted by Crippen LogP contribution is 2.28. The molecule has 100 valence electrons. The minimum Gasteiger partial charge on any atom is -0.383 e. The Bertz CT molecular complexity index is 426. The molecule has 1 aromatic heterocycles. The molecule has 1 fully saturated rings. The van der Waals surface area contributed by atoms with E-state index in [1.54, 1.807) is 12.3 Å². The van der Waals surface area contributed by atoms with Gasteiger partial charge in [-0.1, -0.05) is 6.92 Å². The molecule has 1 aliphatic rings. The van der Waals surface area contributed by atoms with E-state index in [1.165, 1.54) is 17.5 Å². The standard InChI is InChI=1S/C13H21N3O2/c1-2-6-18-7-5-16-13(17)8-12(10-15-16)14-9-11-3-4-11/h8,10-11,14H,2-7,9H2,1H3. The van der Waals surface area contributed by atoms with E-state index in [4.69, 9.17) is 4.74 Å². The van der Waals surface area contributed by atoms with Crippen LogP contribution in [0, 0.1) is 5.92 Å². The molecule has 1 aliphatic carbocycles. The van der Waals surface area contributed by atoms with Crippen LogP contribution in [-0.2, 0) is 11.3 Å². The average Bonchev–Trinajstić information content (AvgIpc) is 3.18. The molecule has 5 nitrogen and oxygen atoms in total. The Hall–Kier alpha value is -1.36. The van der Waals surface area contributed by atoms with Gasteiger partial charge in [-0.15, -0.1) is 0 Å². The van der Waals surface area contributed by atoms with Crippen LogP contribution >= 0.6 is 0 Å². The number of hydrogen-bond donors (Lipinski definition) is 1. The van der Waals surface area contributed by atoms with E-state index in [0.717, 1.165) is 31.2 Å². The monoisotopic (exact) mass is 251 g/mol. The van der Waals surface area contributed by atoms with Crippen LogP contribution in [-0.4, -0.2) is 29.5 Å². The largest absolute Gasteiger partial charge is 0.383 e. The van der Waals surface area contributed by atoms with E-state index < -0.39 is 0 Å². The van der Waals surface area contributed by atoms with Crippen LogP contribution in [0.4, 0.5) is 5.69 Å². The Morgan fingerprint density at radius 2 is 2.33 bits per heavy atom. The second kappa shape index (κ2) is 6.54. The lowest BCUT2D eigenvalue weighted by atomic mass is 10.4. The zero-order chi connectivity index (χ0) is 12.8. The third-order valence-corrected chi connectivity index (χ3v) is 2.96. The summed E-state index contributed by atoms with van der Waals surface area (Å²) in [6.45, 7) is 4.79. The minimum absolute atomic E-state index is 0.0732. The van der Waals surface area contributed by atoms with E-state index in [-0.39, 0.29) is 5.56 Å². The van der Waals surface area contributed by atoms with E-state index in [0.29, 0.717) is 13.2 Å². The van der Waals surface area contributed by atoms with Crippen molar-refractivity contribution in [1.29, 1.82) is 0 Å². The quantitative estimate of drug-likeness (QED) is 0.711. The Labute approximate surface area is 107 Å². The molecule has 18 heavy (non-hydrogen) atoms. The summed E-state index contributed by atoms with van der Waals surface area (Å²) in [7, 11) is 0. The van der Waals surface area contributed by atoms with Crippen molar-refractivity contribution in [1.82, 2.24) is 9.78 Å². The molecular formula is C13H21N3O2. The number of aromatic nitrogens is 2. The lowest BCUT2D eigenvalue weighted by Crippen LogP contribution is -2.25. The highest BCUT2D eigenvalue weighted by Gasteiger charge is 2.20. The molecule has 0 aliphatic heterocycles. The van der Waals surface area contributed by atoms with Crippen molar-refractivity contribution in [2.24, 2.45) is 5.92 Å². The van der Waals surface area contributed by atoms with Gasteiger partial charge in [-0.2, -0.15) is 5.10 Å². The molecule has 5 heteroatoms. The summed E-state index contributed by atoms with van der Waals surface area (Å²) < 4.78 is 6.79. The third kappa shape index (κ3) is 4.14. The number of ether oxygens (including phenoxy) is 1. The molecule has 1 heterocycles. The van der Waals surface area contributed by atoms with Crippen LogP contribution in [0.5, 0.6) is 0 Å². The summed E-state index contributed by atoms with van der Waals surface area (Å²) in [6.07, 6.45) is 5.30. The van der Waals surface area contributed by atoms with E-state index >= 15 is 0 Å². The minimum atomic E-state index is -0.0732. The molecule has 0 unspecified atom stereocenters. The molecule has 0 spiro atoms. The normalized spacial score (nSPS) is 14.7. The van der Waals surface area contributed by atoms with Crippen molar-refractivity contribution >= 4 is 5.69 Å². The van der Waals surface area contributed by atoms with E-state index in [1.807, 2.05) is 0 Å². The van der Waals surface area contributed by atoms with Crippen molar-refractivity contribution in [2.75, 3.05) is 25.1 Å². The lowest BCUT2D eigenvalue weighted by molar-refractivity contribution is 0.123. The molecule has 0 radical (unpaired) electrons. The fourth-order valence-electron chi connectivity index (χ4n) is 1.68. The van der Waals surface area contributed by atoms with Crippen molar-refractivity contribution in [3.05, 3.63) is 22.6 Å². The smallest absolute Gasteiger partial charge is 0.268 e. The average molecular weight is 251 g/mol. The SMILES string of the molecule is CCCOCCn1ncc(NCC2CC2)cc1=O. The first-order valence-electron chi connectivity index (χ1n) is 6.68. The molecule has 0 aromatic carbocycles. The van der Waals surface area contributed by atoms with Gasteiger partial charge in [0.25, 0.3) is 5.56 Å². The lowest BCUT2D eigenvalue weighted by Gasteiger charge is -2.07. The van der Waals surface area contributed by atoms with Crippen molar-refractivity contribution in [3.8, 4) is 0 Å². The summed E-state index contributed by atoms with van der Waals surface area (Å²) in [5.41, 5.74) is 0.744. The third-order valence-electron chi connectivity index (χ3n) is 2.96. The maximum atomic E-state index is 11.8. The summed E-state index contributed by atoms with van der Waals surface area (Å²) in [4.78, 5) is 11.8. The zero-order valence-corrected chi connectivity index (χ0v) is 10.9. The maximum Gasteiger partial charge on any atom is 0.268 e. The topological polar surface area (TPSA) is 56.1 Å². The van der Waals surface area contributed by atoms with Crippen molar-refractivity contribution < 1.29 is 4.74 Å². The van der Waals surface area contributed by atoms with Crippen LogP contribution in [0.15, 0.2) is 17.1 Å². The number of hydrogen-bond acceptors (Lipinski definition) is 4. The second-order valence-electron chi connectivity index (χ2n) is 4.74. The molecule has 2 rings (SSSR count). The number of nitrogens with one attached hydrogen (secondary N) is 1. The van der Waals surface area contributed by atoms with Gasteiger partial charge in [0.1, 0.15) is 0 Å². The molecule has 0 saturated heterocycles. The molecule has 0 atom stereocenters. The Balaban J connectivity index is 1.81. The van der Waals surface area contributed by atoms with E-state index in [9.17, 15) is 4.79 Å². The van der Waals surface area contributed by atoms with Crippen molar-refractivity contribution in [2.45, 2.75) is 32.7 Å². The van der Waals surface area contributed by atoms with Crippen LogP contribution in [0.25, 0.3) is 0 Å². The highest BCUT2D eigenvalue weighted by atomic mass is 16.5. The molecule has 1 N–H and O–H groups in total. The van der Waals surface area contributed by atoms with Gasteiger partial charge in [0.05, 0.1) is 25.0 Å². The molecule has 0 amide bonds. The summed E-state index contributed by atoms with van der Waals surface area (Å²) in [6, 6.07) is 1.61. The number of anilines is 1. The van der Waals surface area contributed by atoms with Gasteiger partial charge >= 0.3 is 0 Å². The molecule has 0 bridgehead atoms.